The van der Waals surface area contributed by atoms with Gasteiger partial charge in [-0.15, -0.1) is 12.4 Å². The van der Waals surface area contributed by atoms with Gasteiger partial charge in [-0.05, 0) is 54.6 Å². The molecule has 1 N–H and O–H groups in total. The number of nitrogens with zero attached hydrogens (tertiary/aromatic N) is 1. The van der Waals surface area contributed by atoms with Crippen LogP contribution in [0.2, 0.25) is 0 Å². The molecule has 0 aliphatic rings. The van der Waals surface area contributed by atoms with Crippen LogP contribution >= 0.6 is 12.4 Å². The number of methoxy groups -OCH3 is 5. The van der Waals surface area contributed by atoms with Gasteiger partial charge in [0, 0.05) is 18.7 Å². The zero-order chi connectivity index (χ0) is 25.1. The van der Waals surface area contributed by atoms with Crippen molar-refractivity contribution in [1.29, 1.82) is 0 Å². The summed E-state index contributed by atoms with van der Waals surface area (Å²) >= 11 is 0. The summed E-state index contributed by atoms with van der Waals surface area (Å²) in [5, 5.41) is 3.04. The average molecular weight is 509 g/mol. The van der Waals surface area contributed by atoms with Crippen LogP contribution in [0.25, 0.3) is 11.6 Å². The van der Waals surface area contributed by atoms with Crippen LogP contribution in [-0.4, -0.2) is 72.5 Å². The van der Waals surface area contributed by atoms with Crippen LogP contribution in [0.5, 0.6) is 28.7 Å². The highest BCUT2D eigenvalue weighted by atomic mass is 35.5. The Hall–Kier alpha value is -3.10. The average Bonchev–Trinajstić information content (AvgIpc) is 2.88. The van der Waals surface area contributed by atoms with Crippen molar-refractivity contribution in [3.05, 3.63) is 41.5 Å². The Morgan fingerprint density at radius 1 is 0.829 bits per heavy atom. The Morgan fingerprint density at radius 3 is 1.89 bits per heavy atom. The number of carbonyl (C=O) groups is 1. The summed E-state index contributed by atoms with van der Waals surface area (Å²) in [6, 6.07) is 8.98. The molecule has 0 aromatic heterocycles. The molecule has 0 saturated carbocycles. The highest BCUT2D eigenvalue weighted by Crippen LogP contribution is 2.39. The van der Waals surface area contributed by atoms with Gasteiger partial charge in [0.15, 0.2) is 23.0 Å². The maximum absolute atomic E-state index is 13.3. The molecule has 0 unspecified atom stereocenters. The van der Waals surface area contributed by atoms with E-state index in [0.717, 1.165) is 25.2 Å². The Morgan fingerprint density at radius 2 is 1.40 bits per heavy atom. The summed E-state index contributed by atoms with van der Waals surface area (Å²) in [5.74, 6) is 2.40. The number of likely N-dealkylation sites (N-methyl/N-ethyl adjacent to an activating group) is 1. The third kappa shape index (κ3) is 7.70. The standard InChI is InChI=1S/C26H36N2O6.ClH/c1-8-28(9-2)13-12-27-26(29)20(19-10-11-21(30-3)22(17-19)31-4)14-18-15-23(32-5)25(34-7)24(16-18)33-6;/h10-11,14-17H,8-9,12-13H2,1-7H3,(H,27,29);1H. The van der Waals surface area contributed by atoms with Gasteiger partial charge < -0.3 is 33.9 Å². The van der Waals surface area contributed by atoms with Crippen LogP contribution in [0.15, 0.2) is 30.3 Å². The number of hydrogen-bond acceptors (Lipinski definition) is 7. The highest BCUT2D eigenvalue weighted by Gasteiger charge is 2.18. The van der Waals surface area contributed by atoms with Crippen LogP contribution in [0.1, 0.15) is 25.0 Å². The zero-order valence-electron chi connectivity index (χ0n) is 21.6. The molecule has 8 nitrogen and oxygen atoms in total. The largest absolute Gasteiger partial charge is 0.493 e. The fourth-order valence-electron chi connectivity index (χ4n) is 3.60. The van der Waals surface area contributed by atoms with Gasteiger partial charge in [-0.1, -0.05) is 19.9 Å². The Kier molecular flexibility index (Phi) is 12.8. The van der Waals surface area contributed by atoms with Crippen molar-refractivity contribution >= 4 is 30.0 Å². The molecule has 0 radical (unpaired) electrons. The number of nitrogens with one attached hydrogen (secondary N) is 1. The van der Waals surface area contributed by atoms with Crippen LogP contribution < -0.4 is 29.0 Å². The second-order valence-electron chi connectivity index (χ2n) is 7.37. The van der Waals surface area contributed by atoms with E-state index in [1.165, 1.54) is 0 Å². The number of ether oxygens (including phenoxy) is 5. The molecule has 0 spiro atoms. The molecule has 9 heteroatoms. The minimum atomic E-state index is -0.201. The highest BCUT2D eigenvalue weighted by molar-refractivity contribution is 6.24. The molecule has 0 aliphatic carbocycles. The van der Waals surface area contributed by atoms with Gasteiger partial charge in [0.1, 0.15) is 0 Å². The molecule has 194 valence electrons. The molecule has 0 heterocycles. The molecule has 35 heavy (non-hydrogen) atoms. The van der Waals surface area contributed by atoms with E-state index in [-0.39, 0.29) is 18.3 Å². The molecule has 2 aromatic rings. The molecular weight excluding hydrogens is 472 g/mol. The number of rotatable bonds is 13. The van der Waals surface area contributed by atoms with Crippen molar-refractivity contribution < 1.29 is 28.5 Å². The third-order valence-electron chi connectivity index (χ3n) is 5.55. The predicted molar refractivity (Wildman–Crippen MR) is 142 cm³/mol. The van der Waals surface area contributed by atoms with E-state index in [9.17, 15) is 4.79 Å². The lowest BCUT2D eigenvalue weighted by molar-refractivity contribution is -0.115. The molecule has 0 fully saturated rings. The summed E-state index contributed by atoms with van der Waals surface area (Å²) in [6.45, 7) is 7.35. The molecule has 0 saturated heterocycles. The molecule has 0 aliphatic heterocycles. The molecule has 1 amide bonds. The van der Waals surface area contributed by atoms with Gasteiger partial charge in [-0.2, -0.15) is 0 Å². The van der Waals surface area contributed by atoms with Gasteiger partial charge in [-0.25, -0.2) is 0 Å². The van der Waals surface area contributed by atoms with Crippen LogP contribution in [-0.2, 0) is 4.79 Å². The first-order chi connectivity index (χ1) is 16.5. The number of carbonyl (C=O) groups excluding carboxylic acids is 1. The summed E-state index contributed by atoms with van der Waals surface area (Å²) < 4.78 is 27.2. The summed E-state index contributed by atoms with van der Waals surface area (Å²) in [6.07, 6.45) is 1.79. The number of benzene rings is 2. The van der Waals surface area contributed by atoms with Gasteiger partial charge in [0.2, 0.25) is 5.75 Å². The number of amides is 1. The van der Waals surface area contributed by atoms with E-state index in [1.54, 1.807) is 65.9 Å². The lowest BCUT2D eigenvalue weighted by Crippen LogP contribution is -2.35. The first-order valence-corrected chi connectivity index (χ1v) is 11.2. The van der Waals surface area contributed by atoms with Crippen molar-refractivity contribution in [3.63, 3.8) is 0 Å². The smallest absolute Gasteiger partial charge is 0.251 e. The van der Waals surface area contributed by atoms with Crippen molar-refractivity contribution in [3.8, 4) is 28.7 Å². The van der Waals surface area contributed by atoms with E-state index in [4.69, 9.17) is 23.7 Å². The minimum absolute atomic E-state index is 0. The molecule has 0 bridgehead atoms. The lowest BCUT2D eigenvalue weighted by atomic mass is 10.0. The maximum Gasteiger partial charge on any atom is 0.251 e. The van der Waals surface area contributed by atoms with Crippen molar-refractivity contribution in [2.45, 2.75) is 13.8 Å². The first-order valence-electron chi connectivity index (χ1n) is 11.2. The van der Waals surface area contributed by atoms with Gasteiger partial charge >= 0.3 is 0 Å². The first kappa shape index (κ1) is 29.9. The van der Waals surface area contributed by atoms with Crippen molar-refractivity contribution in [2.75, 3.05) is 61.7 Å². The van der Waals surface area contributed by atoms with Crippen molar-refractivity contribution in [1.82, 2.24) is 10.2 Å². The fraction of sp³-hybridized carbons (Fsp3) is 0.423. The zero-order valence-corrected chi connectivity index (χ0v) is 22.4. The van der Waals surface area contributed by atoms with Crippen LogP contribution in [0, 0.1) is 0 Å². The fourth-order valence-corrected chi connectivity index (χ4v) is 3.60. The lowest BCUT2D eigenvalue weighted by Gasteiger charge is -2.19. The number of halogens is 1. The van der Waals surface area contributed by atoms with Gasteiger partial charge in [0.05, 0.1) is 35.5 Å². The molecular formula is C26H37ClN2O6. The molecule has 0 atom stereocenters. The van der Waals surface area contributed by atoms with E-state index in [2.05, 4.69) is 24.1 Å². The predicted octanol–water partition coefficient (Wildman–Crippen LogP) is 4.15. The third-order valence-corrected chi connectivity index (χ3v) is 5.55. The Balaban J connectivity index is 0.00000612. The Labute approximate surface area is 214 Å². The van der Waals surface area contributed by atoms with E-state index in [0.29, 0.717) is 46.4 Å². The minimum Gasteiger partial charge on any atom is -0.493 e. The van der Waals surface area contributed by atoms with Gasteiger partial charge in [0.25, 0.3) is 5.91 Å². The summed E-state index contributed by atoms with van der Waals surface area (Å²) in [5.41, 5.74) is 1.87. The quantitative estimate of drug-likeness (QED) is 0.321. The molecule has 2 rings (SSSR count). The van der Waals surface area contributed by atoms with Crippen LogP contribution in [0.4, 0.5) is 0 Å². The normalized spacial score (nSPS) is 10.9. The summed E-state index contributed by atoms with van der Waals surface area (Å²) in [7, 11) is 7.80. The van der Waals surface area contributed by atoms with Crippen molar-refractivity contribution in [2.24, 2.45) is 0 Å². The van der Waals surface area contributed by atoms with E-state index >= 15 is 0 Å². The van der Waals surface area contributed by atoms with E-state index < -0.39 is 0 Å². The van der Waals surface area contributed by atoms with Gasteiger partial charge in [-0.3, -0.25) is 4.79 Å². The summed E-state index contributed by atoms with van der Waals surface area (Å²) in [4.78, 5) is 15.6. The van der Waals surface area contributed by atoms with E-state index in [1.807, 2.05) is 6.07 Å². The van der Waals surface area contributed by atoms with Crippen LogP contribution in [0.3, 0.4) is 0 Å². The second kappa shape index (κ2) is 15.0. The monoisotopic (exact) mass is 508 g/mol. The maximum atomic E-state index is 13.3. The second-order valence-corrected chi connectivity index (χ2v) is 7.37. The number of hydrogen-bond donors (Lipinski definition) is 1. The molecule has 2 aromatic carbocycles. The SMILES string of the molecule is CCN(CC)CCNC(=O)C(=Cc1cc(OC)c(OC)c(OC)c1)c1ccc(OC)c(OC)c1.Cl. The topological polar surface area (TPSA) is 78.5 Å². The Bertz CT molecular complexity index is 967.